The lowest BCUT2D eigenvalue weighted by atomic mass is 9.86. The topological polar surface area (TPSA) is 17.8 Å². The molecule has 10 rings (SSSR count). The molecular weight excluding hydrogens is 520 g/mol. The third-order valence-corrected chi connectivity index (χ3v) is 9.39. The van der Waals surface area contributed by atoms with Gasteiger partial charge in [-0.05, 0) is 95.3 Å². The SMILES string of the molecule is c1ccc(-n2c3cnccc3c3c4ccc5ccc(-c6cc7ccccc7c7ccccc67)c6ccc(cc32)c4c56)cc1. The van der Waals surface area contributed by atoms with Crippen molar-refractivity contribution in [1.29, 1.82) is 0 Å². The van der Waals surface area contributed by atoms with Crippen molar-refractivity contribution >= 4 is 75.7 Å². The molecule has 0 spiro atoms. The van der Waals surface area contributed by atoms with Gasteiger partial charge in [0.2, 0.25) is 0 Å². The lowest BCUT2D eigenvalue weighted by Crippen LogP contribution is -1.94. The minimum absolute atomic E-state index is 1.13. The van der Waals surface area contributed by atoms with Gasteiger partial charge < -0.3 is 4.57 Å². The van der Waals surface area contributed by atoms with Gasteiger partial charge in [-0.2, -0.15) is 0 Å². The standard InChI is InChI=1S/C41H24N2/c1-2-9-28(10-3-1)43-37-23-27-16-18-33-32(36-22-26-8-4-5-11-29(26)30-12-6-7-13-31(30)36)17-14-25-15-19-35(40(27)39(25)33)41(37)34-20-21-42-24-38(34)43/h1-24H. The van der Waals surface area contributed by atoms with Gasteiger partial charge in [0, 0.05) is 22.7 Å². The average Bonchev–Trinajstić information content (AvgIpc) is 3.41. The second kappa shape index (κ2) is 8.40. The van der Waals surface area contributed by atoms with Crippen LogP contribution in [0.25, 0.3) is 92.5 Å². The number of hydrogen-bond donors (Lipinski definition) is 0. The maximum atomic E-state index is 4.53. The first-order valence-corrected chi connectivity index (χ1v) is 14.8. The molecule has 0 fully saturated rings. The van der Waals surface area contributed by atoms with E-state index in [-0.39, 0.29) is 0 Å². The fourth-order valence-corrected chi connectivity index (χ4v) is 7.59. The van der Waals surface area contributed by atoms with Crippen molar-refractivity contribution in [3.05, 3.63) is 146 Å². The fourth-order valence-electron chi connectivity index (χ4n) is 7.59. The molecule has 0 N–H and O–H groups in total. The van der Waals surface area contributed by atoms with Gasteiger partial charge in [0.05, 0.1) is 17.2 Å². The summed E-state index contributed by atoms with van der Waals surface area (Å²) in [6, 6.07) is 49.0. The Labute approximate surface area is 247 Å². The summed E-state index contributed by atoms with van der Waals surface area (Å²) in [6.45, 7) is 0. The van der Waals surface area contributed by atoms with Crippen LogP contribution in [-0.4, -0.2) is 9.55 Å². The zero-order chi connectivity index (χ0) is 28.1. The smallest absolute Gasteiger partial charge is 0.0724 e. The summed E-state index contributed by atoms with van der Waals surface area (Å²) < 4.78 is 2.36. The lowest BCUT2D eigenvalue weighted by Gasteiger charge is -2.17. The highest BCUT2D eigenvalue weighted by Crippen LogP contribution is 2.46. The van der Waals surface area contributed by atoms with Crippen molar-refractivity contribution in [1.82, 2.24) is 9.55 Å². The lowest BCUT2D eigenvalue weighted by molar-refractivity contribution is 1.17. The van der Waals surface area contributed by atoms with Crippen LogP contribution in [0.3, 0.4) is 0 Å². The molecule has 0 atom stereocenters. The fraction of sp³-hybridized carbons (Fsp3) is 0. The molecule has 0 saturated heterocycles. The van der Waals surface area contributed by atoms with Crippen LogP contribution in [0.15, 0.2) is 146 Å². The van der Waals surface area contributed by atoms with Crippen LogP contribution < -0.4 is 0 Å². The van der Waals surface area contributed by atoms with Crippen LogP contribution >= 0.6 is 0 Å². The number of para-hydroxylation sites is 1. The maximum Gasteiger partial charge on any atom is 0.0724 e. The summed E-state index contributed by atoms with van der Waals surface area (Å²) in [7, 11) is 0. The first-order chi connectivity index (χ1) is 21.3. The average molecular weight is 545 g/mol. The van der Waals surface area contributed by atoms with E-state index in [1.54, 1.807) is 0 Å². The van der Waals surface area contributed by atoms with Crippen molar-refractivity contribution in [2.75, 3.05) is 0 Å². The molecule has 0 aliphatic rings. The highest BCUT2D eigenvalue weighted by atomic mass is 15.0. The molecule has 43 heavy (non-hydrogen) atoms. The monoisotopic (exact) mass is 544 g/mol. The minimum atomic E-state index is 1.13. The number of fused-ring (bicyclic) bond motifs is 7. The van der Waals surface area contributed by atoms with Gasteiger partial charge in [0.25, 0.3) is 0 Å². The molecule has 2 aromatic heterocycles. The second-order valence-electron chi connectivity index (χ2n) is 11.6. The largest absolute Gasteiger partial charge is 0.308 e. The number of hydrogen-bond acceptors (Lipinski definition) is 1. The minimum Gasteiger partial charge on any atom is -0.308 e. The Balaban J connectivity index is 1.36. The van der Waals surface area contributed by atoms with Gasteiger partial charge in [-0.25, -0.2) is 0 Å². The van der Waals surface area contributed by atoms with Crippen LogP contribution in [0.2, 0.25) is 0 Å². The van der Waals surface area contributed by atoms with Crippen molar-refractivity contribution in [2.45, 2.75) is 0 Å². The first-order valence-electron chi connectivity index (χ1n) is 14.8. The quantitative estimate of drug-likeness (QED) is 0.198. The molecule has 10 aromatic rings. The van der Waals surface area contributed by atoms with E-state index >= 15 is 0 Å². The second-order valence-corrected chi connectivity index (χ2v) is 11.6. The number of benzene rings is 8. The summed E-state index contributed by atoms with van der Waals surface area (Å²) in [5, 5.41) is 15.4. The van der Waals surface area contributed by atoms with Crippen LogP contribution in [0.1, 0.15) is 0 Å². The van der Waals surface area contributed by atoms with Gasteiger partial charge in [-0.3, -0.25) is 4.98 Å². The maximum absolute atomic E-state index is 4.53. The molecule has 198 valence electrons. The normalized spacial score (nSPS) is 12.2. The molecule has 0 saturated carbocycles. The van der Waals surface area contributed by atoms with Crippen LogP contribution in [0.4, 0.5) is 0 Å². The third-order valence-electron chi connectivity index (χ3n) is 9.39. The Hall–Kier alpha value is -5.73. The van der Waals surface area contributed by atoms with Crippen LogP contribution in [0, 0.1) is 0 Å². The predicted molar refractivity (Wildman–Crippen MR) is 183 cm³/mol. The molecule has 0 amide bonds. The van der Waals surface area contributed by atoms with E-state index in [2.05, 4.69) is 143 Å². The predicted octanol–water partition coefficient (Wildman–Crippen LogP) is 11.0. The van der Waals surface area contributed by atoms with E-state index < -0.39 is 0 Å². The summed E-state index contributed by atoms with van der Waals surface area (Å²) >= 11 is 0. The molecule has 0 aliphatic carbocycles. The van der Waals surface area contributed by atoms with Gasteiger partial charge in [-0.15, -0.1) is 0 Å². The van der Waals surface area contributed by atoms with Crippen LogP contribution in [0.5, 0.6) is 0 Å². The van der Waals surface area contributed by atoms with Crippen LogP contribution in [-0.2, 0) is 0 Å². The molecule has 8 aromatic carbocycles. The summed E-state index contributed by atoms with van der Waals surface area (Å²) in [5.74, 6) is 0. The molecule has 0 aliphatic heterocycles. The molecule has 0 bridgehead atoms. The van der Waals surface area contributed by atoms with E-state index in [1.807, 2.05) is 12.4 Å². The molecule has 2 heterocycles. The zero-order valence-electron chi connectivity index (χ0n) is 23.3. The van der Waals surface area contributed by atoms with Crippen molar-refractivity contribution in [3.8, 4) is 16.8 Å². The molecule has 2 nitrogen and oxygen atoms in total. The Morgan fingerprint density at radius 3 is 2.02 bits per heavy atom. The Morgan fingerprint density at radius 2 is 1.12 bits per heavy atom. The Bertz CT molecular complexity index is 2720. The Morgan fingerprint density at radius 1 is 0.395 bits per heavy atom. The van der Waals surface area contributed by atoms with E-state index in [9.17, 15) is 0 Å². The summed E-state index contributed by atoms with van der Waals surface area (Å²) in [4.78, 5) is 4.53. The van der Waals surface area contributed by atoms with Crippen molar-refractivity contribution in [2.24, 2.45) is 0 Å². The highest BCUT2D eigenvalue weighted by Gasteiger charge is 2.20. The summed E-state index contributed by atoms with van der Waals surface area (Å²) in [6.07, 6.45) is 3.91. The van der Waals surface area contributed by atoms with Crippen molar-refractivity contribution < 1.29 is 0 Å². The highest BCUT2D eigenvalue weighted by molar-refractivity contribution is 6.34. The van der Waals surface area contributed by atoms with Gasteiger partial charge in [-0.1, -0.05) is 103 Å². The zero-order valence-corrected chi connectivity index (χ0v) is 23.3. The molecule has 0 unspecified atom stereocenters. The van der Waals surface area contributed by atoms with E-state index in [0.717, 1.165) is 11.2 Å². The molecule has 0 radical (unpaired) electrons. The number of aromatic nitrogens is 2. The van der Waals surface area contributed by atoms with Crippen molar-refractivity contribution in [3.63, 3.8) is 0 Å². The number of pyridine rings is 1. The molecule has 2 heteroatoms. The molecular formula is C41H24N2. The van der Waals surface area contributed by atoms with Gasteiger partial charge >= 0.3 is 0 Å². The number of rotatable bonds is 2. The number of nitrogens with zero attached hydrogens (tertiary/aromatic N) is 2. The Kier molecular flexibility index (Phi) is 4.48. The third kappa shape index (κ3) is 3.05. The first kappa shape index (κ1) is 22.9. The van der Waals surface area contributed by atoms with E-state index in [1.165, 1.54) is 81.3 Å². The van der Waals surface area contributed by atoms with E-state index in [4.69, 9.17) is 0 Å². The van der Waals surface area contributed by atoms with E-state index in [0.29, 0.717) is 0 Å². The van der Waals surface area contributed by atoms with Gasteiger partial charge in [0.15, 0.2) is 0 Å². The summed E-state index contributed by atoms with van der Waals surface area (Å²) in [5.41, 5.74) is 6.04. The van der Waals surface area contributed by atoms with Gasteiger partial charge in [0.1, 0.15) is 0 Å².